The molecule has 19 heavy (non-hydrogen) atoms. The molecule has 0 aliphatic carbocycles. The number of carbonyl (C=O) groups is 2. The number of carboxylic acid groups (broad SMARTS) is 1. The maximum absolute atomic E-state index is 11.6. The summed E-state index contributed by atoms with van der Waals surface area (Å²) in [5.74, 6) is 4.47. The quantitative estimate of drug-likeness (QED) is 0.573. The van der Waals surface area contributed by atoms with E-state index in [2.05, 4.69) is 22.5 Å². The van der Waals surface area contributed by atoms with Gasteiger partial charge in [-0.2, -0.15) is 0 Å². The Morgan fingerprint density at radius 2 is 2.11 bits per heavy atom. The molecule has 0 radical (unpaired) electrons. The topological polar surface area (TPSA) is 78.4 Å². The Balaban J connectivity index is 2.72. The average molecular weight is 260 g/mol. The number of hydrogen-bond acceptors (Lipinski definition) is 2. The Morgan fingerprint density at radius 3 is 2.74 bits per heavy atom. The van der Waals surface area contributed by atoms with E-state index >= 15 is 0 Å². The average Bonchev–Trinajstić information content (AvgIpc) is 2.37. The van der Waals surface area contributed by atoms with Gasteiger partial charge in [0.25, 0.3) is 0 Å². The molecule has 100 valence electrons. The minimum atomic E-state index is -1.07. The Hall–Kier alpha value is -2.48. The largest absolute Gasteiger partial charge is 0.478 e. The fraction of sp³-hybridized carbons (Fsp3) is 0.286. The number of carbonyl (C=O) groups excluding carboxylic acids is 1. The summed E-state index contributed by atoms with van der Waals surface area (Å²) in [5.41, 5.74) is 1.08. The Kier molecular flexibility index (Phi) is 5.42. The Morgan fingerprint density at radius 1 is 1.37 bits per heavy atom. The zero-order valence-electron chi connectivity index (χ0n) is 10.9. The van der Waals surface area contributed by atoms with Crippen LogP contribution in [0.2, 0.25) is 0 Å². The number of amides is 2. The zero-order chi connectivity index (χ0) is 14.3. The SMILES string of the molecule is CC#CCCNC(=O)Nc1c(C)cccc1C(=O)O. The van der Waals surface area contributed by atoms with Crippen molar-refractivity contribution in [3.8, 4) is 11.8 Å². The van der Waals surface area contributed by atoms with Crippen LogP contribution < -0.4 is 10.6 Å². The predicted octanol–water partition coefficient (Wildman–Crippen LogP) is 2.23. The minimum Gasteiger partial charge on any atom is -0.478 e. The van der Waals surface area contributed by atoms with Crippen molar-refractivity contribution in [3.05, 3.63) is 29.3 Å². The highest BCUT2D eigenvalue weighted by molar-refractivity contribution is 6.00. The summed E-state index contributed by atoms with van der Waals surface area (Å²) in [6, 6.07) is 4.39. The molecule has 0 fully saturated rings. The molecule has 3 N–H and O–H groups in total. The summed E-state index contributed by atoms with van der Waals surface area (Å²) in [6.45, 7) is 3.89. The van der Waals surface area contributed by atoms with E-state index in [1.807, 2.05) is 0 Å². The van der Waals surface area contributed by atoms with E-state index in [4.69, 9.17) is 5.11 Å². The molecule has 0 heterocycles. The number of urea groups is 1. The Labute approximate surface area is 112 Å². The molecule has 0 spiro atoms. The molecule has 1 aromatic carbocycles. The van der Waals surface area contributed by atoms with E-state index in [-0.39, 0.29) is 5.56 Å². The molecule has 2 amide bonds. The fourth-order valence-electron chi connectivity index (χ4n) is 1.53. The van der Waals surface area contributed by atoms with Gasteiger partial charge in [0, 0.05) is 13.0 Å². The molecule has 5 heteroatoms. The van der Waals surface area contributed by atoms with Crippen molar-refractivity contribution >= 4 is 17.7 Å². The van der Waals surface area contributed by atoms with Gasteiger partial charge in [-0.15, -0.1) is 11.8 Å². The molecule has 0 saturated heterocycles. The van der Waals surface area contributed by atoms with Crippen LogP contribution in [0, 0.1) is 18.8 Å². The van der Waals surface area contributed by atoms with Crippen LogP contribution in [0.25, 0.3) is 0 Å². The van der Waals surface area contributed by atoms with Crippen molar-refractivity contribution in [1.29, 1.82) is 0 Å². The van der Waals surface area contributed by atoms with Crippen LogP contribution in [0.15, 0.2) is 18.2 Å². The van der Waals surface area contributed by atoms with Gasteiger partial charge in [0.05, 0.1) is 11.3 Å². The van der Waals surface area contributed by atoms with Crippen molar-refractivity contribution in [2.75, 3.05) is 11.9 Å². The molecule has 0 aliphatic rings. The number of carboxylic acids is 1. The standard InChI is InChI=1S/C14H16N2O3/c1-3-4-5-9-15-14(19)16-12-10(2)7-6-8-11(12)13(17)18/h6-8H,5,9H2,1-2H3,(H,17,18)(H2,15,16,19). The van der Waals surface area contributed by atoms with E-state index in [1.165, 1.54) is 6.07 Å². The highest BCUT2D eigenvalue weighted by Crippen LogP contribution is 2.20. The zero-order valence-corrected chi connectivity index (χ0v) is 10.9. The fourth-order valence-corrected chi connectivity index (χ4v) is 1.53. The highest BCUT2D eigenvalue weighted by atomic mass is 16.4. The van der Waals surface area contributed by atoms with Crippen LogP contribution in [0.3, 0.4) is 0 Å². The molecular formula is C14H16N2O3. The third-order valence-corrected chi connectivity index (χ3v) is 2.45. The molecule has 0 aromatic heterocycles. The summed E-state index contributed by atoms with van der Waals surface area (Å²) < 4.78 is 0. The van der Waals surface area contributed by atoms with Crippen LogP contribution in [0.4, 0.5) is 10.5 Å². The van der Waals surface area contributed by atoms with E-state index in [0.29, 0.717) is 24.2 Å². The van der Waals surface area contributed by atoms with Gasteiger partial charge >= 0.3 is 12.0 Å². The number of aromatic carboxylic acids is 1. The first-order chi connectivity index (χ1) is 9.06. The molecule has 1 aromatic rings. The molecule has 0 bridgehead atoms. The second-order valence-electron chi connectivity index (χ2n) is 3.86. The van der Waals surface area contributed by atoms with E-state index in [1.54, 1.807) is 26.0 Å². The third-order valence-electron chi connectivity index (χ3n) is 2.45. The lowest BCUT2D eigenvalue weighted by Crippen LogP contribution is -2.30. The van der Waals surface area contributed by atoms with Gasteiger partial charge < -0.3 is 15.7 Å². The first-order valence-electron chi connectivity index (χ1n) is 5.83. The lowest BCUT2D eigenvalue weighted by molar-refractivity contribution is 0.0698. The summed E-state index contributed by atoms with van der Waals surface area (Å²) in [5, 5.41) is 14.2. The second kappa shape index (κ2) is 7.07. The molecule has 0 unspecified atom stereocenters. The van der Waals surface area contributed by atoms with E-state index in [9.17, 15) is 9.59 Å². The lowest BCUT2D eigenvalue weighted by atomic mass is 10.1. The second-order valence-corrected chi connectivity index (χ2v) is 3.86. The van der Waals surface area contributed by atoms with Crippen LogP contribution in [-0.4, -0.2) is 23.7 Å². The number of anilines is 1. The van der Waals surface area contributed by atoms with Gasteiger partial charge in [0.15, 0.2) is 0 Å². The third kappa shape index (κ3) is 4.36. The molecule has 0 atom stereocenters. The van der Waals surface area contributed by atoms with E-state index < -0.39 is 12.0 Å². The van der Waals surface area contributed by atoms with Gasteiger partial charge in [-0.05, 0) is 25.5 Å². The van der Waals surface area contributed by atoms with Gasteiger partial charge in [0.1, 0.15) is 0 Å². The Bertz CT molecular complexity index is 541. The summed E-state index contributed by atoms with van der Waals surface area (Å²) in [4.78, 5) is 22.7. The minimum absolute atomic E-state index is 0.0727. The van der Waals surface area contributed by atoms with Crippen molar-refractivity contribution in [2.24, 2.45) is 0 Å². The maximum Gasteiger partial charge on any atom is 0.337 e. The molecule has 5 nitrogen and oxygen atoms in total. The van der Waals surface area contributed by atoms with Crippen LogP contribution in [0.5, 0.6) is 0 Å². The van der Waals surface area contributed by atoms with Crippen LogP contribution in [-0.2, 0) is 0 Å². The summed E-state index contributed by atoms with van der Waals surface area (Å²) in [6.07, 6.45) is 0.559. The first-order valence-corrected chi connectivity index (χ1v) is 5.83. The van der Waals surface area contributed by atoms with E-state index in [0.717, 1.165) is 0 Å². The van der Waals surface area contributed by atoms with Crippen molar-refractivity contribution in [1.82, 2.24) is 5.32 Å². The lowest BCUT2D eigenvalue weighted by Gasteiger charge is -2.11. The van der Waals surface area contributed by atoms with Gasteiger partial charge in [0.2, 0.25) is 0 Å². The number of benzene rings is 1. The molecule has 0 aliphatic heterocycles. The van der Waals surface area contributed by atoms with Gasteiger partial charge in [-0.3, -0.25) is 0 Å². The number of nitrogens with one attached hydrogen (secondary N) is 2. The molecule has 1 rings (SSSR count). The highest BCUT2D eigenvalue weighted by Gasteiger charge is 2.13. The van der Waals surface area contributed by atoms with Crippen LogP contribution >= 0.6 is 0 Å². The van der Waals surface area contributed by atoms with Gasteiger partial charge in [-0.1, -0.05) is 12.1 Å². The number of hydrogen-bond donors (Lipinski definition) is 3. The summed E-state index contributed by atoms with van der Waals surface area (Å²) >= 11 is 0. The normalized spacial score (nSPS) is 9.16. The number of rotatable bonds is 4. The van der Waals surface area contributed by atoms with Crippen molar-refractivity contribution < 1.29 is 14.7 Å². The first kappa shape index (κ1) is 14.6. The predicted molar refractivity (Wildman–Crippen MR) is 73.2 cm³/mol. The summed E-state index contributed by atoms with van der Waals surface area (Å²) in [7, 11) is 0. The smallest absolute Gasteiger partial charge is 0.337 e. The van der Waals surface area contributed by atoms with Gasteiger partial charge in [-0.25, -0.2) is 9.59 Å². The van der Waals surface area contributed by atoms with Crippen LogP contribution in [0.1, 0.15) is 29.3 Å². The monoisotopic (exact) mass is 260 g/mol. The maximum atomic E-state index is 11.6. The number of aryl methyl sites for hydroxylation is 1. The van der Waals surface area contributed by atoms with Crippen molar-refractivity contribution in [2.45, 2.75) is 20.3 Å². The van der Waals surface area contributed by atoms with Crippen molar-refractivity contribution in [3.63, 3.8) is 0 Å². The molecule has 0 saturated carbocycles. The number of para-hydroxylation sites is 1. The molecular weight excluding hydrogens is 244 g/mol.